The Kier molecular flexibility index (Phi) is 7.42. The van der Waals surface area contributed by atoms with Crippen LogP contribution in [0.15, 0.2) is 0 Å². The largest absolute Gasteiger partial charge is 0.412 e. The molecule has 0 amide bonds. The molecule has 0 aromatic carbocycles. The molecule has 0 heterocycles. The second kappa shape index (κ2) is 7.52. The molecule has 0 fully saturated rings. The van der Waals surface area contributed by atoms with Gasteiger partial charge < -0.3 is 4.52 Å². The standard InChI is InChI=1S/C6H7F9O5P2/c7-4(8,9)1-18-21(16)22(17,19-2-5(10,11)12)20-3-6(13,14)15/h21H,1-3H2. The fraction of sp³-hybridized carbons (Fsp3) is 1.00. The van der Waals surface area contributed by atoms with Gasteiger partial charge in [0.25, 0.3) is 0 Å². The van der Waals surface area contributed by atoms with Gasteiger partial charge >= 0.3 is 33.5 Å². The lowest BCUT2D eigenvalue weighted by molar-refractivity contribution is -0.165. The molecule has 0 aliphatic rings. The third kappa shape index (κ3) is 10.4. The highest BCUT2D eigenvalue weighted by Crippen LogP contribution is 2.71. The third-order valence-electron chi connectivity index (χ3n) is 1.38. The summed E-state index contributed by atoms with van der Waals surface area (Å²) < 4.78 is 140. The SMILES string of the molecule is O=[PH](OCC(F)(F)F)P(=O)(OCC(F)(F)F)OCC(F)(F)F. The lowest BCUT2D eigenvalue weighted by atomic mass is 10.7. The van der Waals surface area contributed by atoms with Crippen LogP contribution in [0.4, 0.5) is 39.5 Å². The van der Waals surface area contributed by atoms with E-state index < -0.39 is 53.4 Å². The number of alkyl halides is 9. The summed E-state index contributed by atoms with van der Waals surface area (Å²) in [5.74, 6) is 0. The summed E-state index contributed by atoms with van der Waals surface area (Å²) in [7, 11) is -10.4. The normalized spacial score (nSPS) is 15.9. The Morgan fingerprint density at radius 2 is 1.05 bits per heavy atom. The van der Waals surface area contributed by atoms with Crippen LogP contribution in [0.2, 0.25) is 0 Å². The maximum absolute atomic E-state index is 11.9. The summed E-state index contributed by atoms with van der Waals surface area (Å²) >= 11 is 0. The lowest BCUT2D eigenvalue weighted by Gasteiger charge is -2.20. The average molecular weight is 392 g/mol. The maximum atomic E-state index is 11.9. The lowest BCUT2D eigenvalue weighted by Crippen LogP contribution is -2.20. The monoisotopic (exact) mass is 392 g/mol. The molecular weight excluding hydrogens is 385 g/mol. The molecule has 0 N–H and O–H groups in total. The molecular formula is C6H7F9O5P2. The molecule has 16 heteroatoms. The Hall–Kier alpha value is -0.290. The summed E-state index contributed by atoms with van der Waals surface area (Å²) in [6.45, 7) is -7.22. The van der Waals surface area contributed by atoms with E-state index in [1.807, 2.05) is 0 Å². The van der Waals surface area contributed by atoms with Crippen LogP contribution in [0.3, 0.4) is 0 Å². The first-order chi connectivity index (χ1) is 9.54. The molecule has 22 heavy (non-hydrogen) atoms. The van der Waals surface area contributed by atoms with E-state index in [2.05, 4.69) is 13.6 Å². The summed E-state index contributed by atoms with van der Waals surface area (Å²) in [5.41, 5.74) is 0. The van der Waals surface area contributed by atoms with E-state index in [-0.39, 0.29) is 0 Å². The van der Waals surface area contributed by atoms with Crippen molar-refractivity contribution >= 4 is 15.0 Å². The van der Waals surface area contributed by atoms with E-state index in [9.17, 15) is 48.6 Å². The Bertz CT molecular complexity index is 406. The maximum Gasteiger partial charge on any atom is 0.412 e. The molecule has 0 spiro atoms. The van der Waals surface area contributed by atoms with E-state index >= 15 is 0 Å². The number of hydrogen-bond donors (Lipinski definition) is 0. The van der Waals surface area contributed by atoms with Crippen LogP contribution in [-0.4, -0.2) is 38.3 Å². The Morgan fingerprint density at radius 3 is 1.32 bits per heavy atom. The van der Waals surface area contributed by atoms with Crippen molar-refractivity contribution in [1.29, 1.82) is 0 Å². The highest BCUT2D eigenvalue weighted by atomic mass is 32.1. The molecule has 0 aliphatic carbocycles. The zero-order valence-electron chi connectivity index (χ0n) is 10.0. The summed E-state index contributed by atoms with van der Waals surface area (Å²) in [6.07, 6.45) is -15.5. The molecule has 0 saturated carbocycles. The zero-order chi connectivity index (χ0) is 17.8. The molecule has 0 aromatic rings. The van der Waals surface area contributed by atoms with Crippen molar-refractivity contribution in [2.45, 2.75) is 18.5 Å². The van der Waals surface area contributed by atoms with Gasteiger partial charge in [0, 0.05) is 0 Å². The number of rotatable bonds is 7. The molecule has 1 atom stereocenters. The zero-order valence-corrected chi connectivity index (χ0v) is 11.9. The molecule has 0 radical (unpaired) electrons. The second-order valence-corrected chi connectivity index (χ2v) is 8.51. The van der Waals surface area contributed by atoms with Gasteiger partial charge in [0.2, 0.25) is 0 Å². The molecule has 1 unspecified atom stereocenters. The van der Waals surface area contributed by atoms with Crippen LogP contribution < -0.4 is 0 Å². The second-order valence-electron chi connectivity index (χ2n) is 3.44. The van der Waals surface area contributed by atoms with Crippen molar-refractivity contribution < 1.29 is 62.2 Å². The quantitative estimate of drug-likeness (QED) is 0.478. The van der Waals surface area contributed by atoms with Crippen molar-refractivity contribution in [3.05, 3.63) is 0 Å². The van der Waals surface area contributed by atoms with Crippen LogP contribution in [0.1, 0.15) is 0 Å². The van der Waals surface area contributed by atoms with Crippen LogP contribution in [0.25, 0.3) is 0 Å². The Balaban J connectivity index is 4.98. The van der Waals surface area contributed by atoms with Crippen molar-refractivity contribution in [1.82, 2.24) is 0 Å². The Labute approximate surface area is 117 Å². The van der Waals surface area contributed by atoms with Crippen molar-refractivity contribution in [2.75, 3.05) is 19.8 Å². The van der Waals surface area contributed by atoms with E-state index in [1.54, 1.807) is 0 Å². The third-order valence-corrected chi connectivity index (χ3v) is 5.66. The van der Waals surface area contributed by atoms with Crippen LogP contribution in [0.5, 0.6) is 0 Å². The van der Waals surface area contributed by atoms with Crippen molar-refractivity contribution in [3.63, 3.8) is 0 Å². The summed E-state index contributed by atoms with van der Waals surface area (Å²) in [6, 6.07) is 0. The van der Waals surface area contributed by atoms with Gasteiger partial charge in [-0.15, -0.1) is 0 Å². The average Bonchev–Trinajstić information content (AvgIpc) is 2.28. The van der Waals surface area contributed by atoms with Gasteiger partial charge in [0.15, 0.2) is 19.8 Å². The Morgan fingerprint density at radius 1 is 0.727 bits per heavy atom. The van der Waals surface area contributed by atoms with Gasteiger partial charge in [-0.2, -0.15) is 39.5 Å². The first-order valence-electron chi connectivity index (χ1n) is 4.81. The fourth-order valence-electron chi connectivity index (χ4n) is 0.682. The smallest absolute Gasteiger partial charge is 0.313 e. The van der Waals surface area contributed by atoms with E-state index in [4.69, 9.17) is 0 Å². The fourth-order valence-corrected chi connectivity index (χ4v) is 3.73. The van der Waals surface area contributed by atoms with Crippen LogP contribution in [0, 0.1) is 0 Å². The van der Waals surface area contributed by atoms with Gasteiger partial charge in [-0.1, -0.05) is 0 Å². The van der Waals surface area contributed by atoms with Crippen molar-refractivity contribution in [2.24, 2.45) is 0 Å². The van der Waals surface area contributed by atoms with Gasteiger partial charge in [-0.25, -0.2) is 4.57 Å². The number of halogens is 9. The molecule has 0 aliphatic heterocycles. The topological polar surface area (TPSA) is 61.8 Å². The highest BCUT2D eigenvalue weighted by Gasteiger charge is 2.44. The molecule has 0 bridgehead atoms. The van der Waals surface area contributed by atoms with E-state index in [1.165, 1.54) is 0 Å². The molecule has 0 rings (SSSR count). The van der Waals surface area contributed by atoms with E-state index in [0.29, 0.717) is 0 Å². The summed E-state index contributed by atoms with van der Waals surface area (Å²) in [5, 5.41) is 0. The first-order valence-corrected chi connectivity index (χ1v) is 8.51. The molecule has 0 aromatic heterocycles. The minimum Gasteiger partial charge on any atom is -0.313 e. The molecule has 0 saturated heterocycles. The molecule has 134 valence electrons. The predicted octanol–water partition coefficient (Wildman–Crippen LogP) is 4.31. The highest BCUT2D eigenvalue weighted by molar-refractivity contribution is 8.21. The van der Waals surface area contributed by atoms with Crippen LogP contribution in [-0.2, 0) is 22.7 Å². The van der Waals surface area contributed by atoms with Crippen molar-refractivity contribution in [3.8, 4) is 0 Å². The predicted molar refractivity (Wildman–Crippen MR) is 52.6 cm³/mol. The van der Waals surface area contributed by atoms with Gasteiger partial charge in [-0.3, -0.25) is 13.6 Å². The van der Waals surface area contributed by atoms with Gasteiger partial charge in [0.05, 0.1) is 0 Å². The van der Waals surface area contributed by atoms with Crippen LogP contribution >= 0.6 is 15.0 Å². The van der Waals surface area contributed by atoms with Gasteiger partial charge in [-0.05, 0) is 0 Å². The van der Waals surface area contributed by atoms with Gasteiger partial charge in [0.1, 0.15) is 0 Å². The molecule has 5 nitrogen and oxygen atoms in total. The minimum atomic E-state index is -5.71. The summed E-state index contributed by atoms with van der Waals surface area (Å²) in [4.78, 5) is 0. The first kappa shape index (κ1) is 21.7. The number of hydrogen-bond acceptors (Lipinski definition) is 5. The minimum absolute atomic E-state index is 2.32. The van der Waals surface area contributed by atoms with E-state index in [0.717, 1.165) is 0 Å².